The quantitative estimate of drug-likeness (QED) is 0.311. The van der Waals surface area contributed by atoms with E-state index in [0.717, 1.165) is 12.8 Å². The predicted molar refractivity (Wildman–Crippen MR) is 142 cm³/mol. The molecule has 14 heteroatoms. The molecule has 0 saturated carbocycles. The van der Waals surface area contributed by atoms with Crippen molar-refractivity contribution in [2.24, 2.45) is 0 Å². The van der Waals surface area contributed by atoms with Crippen LogP contribution in [0.1, 0.15) is 80.6 Å². The summed E-state index contributed by atoms with van der Waals surface area (Å²) in [5, 5.41) is 4.05. The van der Waals surface area contributed by atoms with Crippen LogP contribution in [0.4, 0.5) is 14.4 Å². The van der Waals surface area contributed by atoms with Gasteiger partial charge < -0.3 is 19.7 Å². The third kappa shape index (κ3) is 8.12. The summed E-state index contributed by atoms with van der Waals surface area (Å²) < 4.78 is 10.8. The van der Waals surface area contributed by atoms with Crippen LogP contribution < -0.4 is 16.2 Å². The molecule has 0 aromatic carbocycles. The maximum Gasteiger partial charge on any atom is 0.411 e. The Hall–Kier alpha value is -3.29. The van der Waals surface area contributed by atoms with Crippen molar-refractivity contribution in [3.05, 3.63) is 0 Å². The van der Waals surface area contributed by atoms with Crippen LogP contribution in [0, 0.1) is 0 Å². The molecule has 14 nitrogen and oxygen atoms in total. The Morgan fingerprint density at radius 2 is 1.52 bits per heavy atom. The van der Waals surface area contributed by atoms with Crippen molar-refractivity contribution in [1.29, 1.82) is 0 Å². The molecule has 4 atom stereocenters. The molecule has 6 amide bonds. The summed E-state index contributed by atoms with van der Waals surface area (Å²) in [7, 11) is 0. The number of rotatable bonds is 7. The monoisotopic (exact) mass is 568 g/mol. The van der Waals surface area contributed by atoms with Crippen LogP contribution in [0.25, 0.3) is 0 Å². The lowest BCUT2D eigenvalue weighted by atomic mass is 10.0. The van der Waals surface area contributed by atoms with Gasteiger partial charge in [-0.05, 0) is 67.2 Å². The van der Waals surface area contributed by atoms with E-state index in [4.69, 9.17) is 14.3 Å². The van der Waals surface area contributed by atoms with Gasteiger partial charge in [0.2, 0.25) is 0 Å². The first kappa shape index (κ1) is 31.2. The number of unbranched alkanes of at least 4 members (excludes halogenated alkanes) is 1. The number of urea groups is 1. The first-order valence-electron chi connectivity index (χ1n) is 13.9. The van der Waals surface area contributed by atoms with Gasteiger partial charge in [-0.25, -0.2) is 14.4 Å². The number of hydrogen-bond donors (Lipinski definition) is 3. The topological polar surface area (TPSA) is 159 Å². The molecule has 3 rings (SSSR count). The standard InChI is InChI=1S/C26H44N6O8/c1-8-9-12-38-32-17-10-11-18(30(15-17)23(32)36)20(33)28-29-21(34)19-13-16(27-22(35)39-25(2,3)4)14-31(19)24(37)40-26(5,6)7/h16-19H,8-15H2,1-7H3,(H,27,35)(H,28,33)(H,29,34)/t16-,17+,18+,19-/m1/s1. The smallest absolute Gasteiger partial charge is 0.411 e. The van der Waals surface area contributed by atoms with E-state index in [1.807, 2.05) is 6.92 Å². The van der Waals surface area contributed by atoms with Crippen LogP contribution in [0.2, 0.25) is 0 Å². The molecule has 0 radical (unpaired) electrons. The van der Waals surface area contributed by atoms with E-state index in [-0.39, 0.29) is 25.0 Å². The van der Waals surface area contributed by atoms with E-state index in [1.165, 1.54) is 14.9 Å². The van der Waals surface area contributed by atoms with Crippen LogP contribution in [-0.2, 0) is 23.9 Å². The van der Waals surface area contributed by atoms with Crippen molar-refractivity contribution in [3.8, 4) is 0 Å². The lowest BCUT2D eigenvalue weighted by Crippen LogP contribution is -2.57. The lowest BCUT2D eigenvalue weighted by Gasteiger charge is -2.30. The van der Waals surface area contributed by atoms with Gasteiger partial charge in [-0.3, -0.25) is 30.2 Å². The van der Waals surface area contributed by atoms with Gasteiger partial charge in [-0.15, -0.1) is 0 Å². The third-order valence-corrected chi connectivity index (χ3v) is 6.62. The number of fused-ring (bicyclic) bond motifs is 2. The van der Waals surface area contributed by atoms with Gasteiger partial charge in [0.05, 0.1) is 18.7 Å². The number of amides is 6. The number of nitrogens with one attached hydrogen (secondary N) is 3. The first-order chi connectivity index (χ1) is 18.6. The Kier molecular flexibility index (Phi) is 9.75. The van der Waals surface area contributed by atoms with Gasteiger partial charge in [0.25, 0.3) is 11.8 Å². The van der Waals surface area contributed by atoms with Crippen LogP contribution in [0.3, 0.4) is 0 Å². The van der Waals surface area contributed by atoms with Gasteiger partial charge >= 0.3 is 18.2 Å². The molecule has 3 aliphatic heterocycles. The normalized spacial score (nSPS) is 24.6. The Balaban J connectivity index is 1.61. The number of alkyl carbamates (subject to hydrolysis) is 1. The predicted octanol–water partition coefficient (Wildman–Crippen LogP) is 2.04. The van der Waals surface area contributed by atoms with Gasteiger partial charge in [0.1, 0.15) is 23.3 Å². The Labute approximate surface area is 235 Å². The summed E-state index contributed by atoms with van der Waals surface area (Å²) >= 11 is 0. The fraction of sp³-hybridized carbons (Fsp3) is 0.808. The highest BCUT2D eigenvalue weighted by atomic mass is 16.7. The van der Waals surface area contributed by atoms with Gasteiger partial charge in [-0.2, -0.15) is 5.06 Å². The van der Waals surface area contributed by atoms with Gasteiger partial charge in [0.15, 0.2) is 0 Å². The van der Waals surface area contributed by atoms with Crippen LogP contribution in [0.15, 0.2) is 0 Å². The number of hydroxylamine groups is 2. The molecule has 2 bridgehead atoms. The first-order valence-corrected chi connectivity index (χ1v) is 13.9. The van der Waals surface area contributed by atoms with E-state index < -0.39 is 53.3 Å². The summed E-state index contributed by atoms with van der Waals surface area (Å²) in [6.07, 6.45) is 1.45. The Morgan fingerprint density at radius 3 is 2.12 bits per heavy atom. The fourth-order valence-electron chi connectivity index (χ4n) is 4.85. The molecule has 0 aromatic rings. The molecule has 3 fully saturated rings. The summed E-state index contributed by atoms with van der Waals surface area (Å²) in [5.41, 5.74) is 3.28. The zero-order chi connectivity index (χ0) is 29.8. The highest BCUT2D eigenvalue weighted by Gasteiger charge is 2.48. The number of ether oxygens (including phenoxy) is 2. The number of piperidine rings is 1. The summed E-state index contributed by atoms with van der Waals surface area (Å²) in [4.78, 5) is 72.5. The van der Waals surface area contributed by atoms with Gasteiger partial charge in [-0.1, -0.05) is 13.3 Å². The lowest BCUT2D eigenvalue weighted by molar-refractivity contribution is -0.134. The molecular formula is C26H44N6O8. The minimum absolute atomic E-state index is 0.0142. The van der Waals surface area contributed by atoms with Crippen molar-refractivity contribution in [1.82, 2.24) is 31.0 Å². The minimum Gasteiger partial charge on any atom is -0.444 e. The van der Waals surface area contributed by atoms with Crippen molar-refractivity contribution in [2.45, 2.75) is 116 Å². The molecular weight excluding hydrogens is 524 g/mol. The van der Waals surface area contributed by atoms with Crippen molar-refractivity contribution in [3.63, 3.8) is 0 Å². The molecule has 3 aliphatic rings. The molecule has 0 unspecified atom stereocenters. The fourth-order valence-corrected chi connectivity index (χ4v) is 4.85. The average molecular weight is 569 g/mol. The van der Waals surface area contributed by atoms with E-state index in [1.54, 1.807) is 41.5 Å². The van der Waals surface area contributed by atoms with Crippen LogP contribution in [-0.4, -0.2) is 100.0 Å². The minimum atomic E-state index is -1.03. The highest BCUT2D eigenvalue weighted by molar-refractivity contribution is 5.92. The molecule has 226 valence electrons. The Bertz CT molecular complexity index is 977. The number of hydrogen-bond acceptors (Lipinski definition) is 8. The SMILES string of the molecule is CCCCON1C(=O)N2C[C@@H]1CC[C@H]2C(=O)NNC(=O)[C@H]1C[C@@H](NC(=O)OC(C)(C)C)CN1C(=O)OC(C)(C)C. The largest absolute Gasteiger partial charge is 0.444 e. The number of hydrazine groups is 1. The molecule has 3 N–H and O–H groups in total. The second-order valence-electron chi connectivity index (χ2n) is 12.4. The molecule has 0 aliphatic carbocycles. The van der Waals surface area contributed by atoms with E-state index in [0.29, 0.717) is 26.0 Å². The number of nitrogens with zero attached hydrogens (tertiary/aromatic N) is 3. The third-order valence-electron chi connectivity index (χ3n) is 6.62. The summed E-state index contributed by atoms with van der Waals surface area (Å²) in [6.45, 7) is 13.1. The average Bonchev–Trinajstić information content (AvgIpc) is 3.35. The van der Waals surface area contributed by atoms with E-state index >= 15 is 0 Å². The molecule has 3 heterocycles. The van der Waals surface area contributed by atoms with Crippen molar-refractivity contribution >= 4 is 30.0 Å². The van der Waals surface area contributed by atoms with Gasteiger partial charge in [0, 0.05) is 13.1 Å². The number of carbonyl (C=O) groups is 5. The number of carbonyl (C=O) groups excluding carboxylic acids is 5. The van der Waals surface area contributed by atoms with E-state index in [2.05, 4.69) is 16.2 Å². The Morgan fingerprint density at radius 1 is 0.900 bits per heavy atom. The maximum atomic E-state index is 13.2. The molecule has 0 aromatic heterocycles. The van der Waals surface area contributed by atoms with Crippen molar-refractivity contribution in [2.75, 3.05) is 19.7 Å². The molecule has 40 heavy (non-hydrogen) atoms. The summed E-state index contributed by atoms with van der Waals surface area (Å²) in [5.74, 6) is -1.19. The summed E-state index contributed by atoms with van der Waals surface area (Å²) in [6, 6.07) is -2.85. The van der Waals surface area contributed by atoms with Crippen LogP contribution >= 0.6 is 0 Å². The second kappa shape index (κ2) is 12.5. The van der Waals surface area contributed by atoms with Crippen molar-refractivity contribution < 1.29 is 38.3 Å². The highest BCUT2D eigenvalue weighted by Crippen LogP contribution is 2.30. The molecule has 3 saturated heterocycles. The zero-order valence-corrected chi connectivity index (χ0v) is 24.6. The number of likely N-dealkylation sites (tertiary alicyclic amines) is 1. The van der Waals surface area contributed by atoms with E-state index in [9.17, 15) is 24.0 Å². The van der Waals surface area contributed by atoms with Crippen LogP contribution in [0.5, 0.6) is 0 Å². The molecule has 0 spiro atoms. The zero-order valence-electron chi connectivity index (χ0n) is 24.6. The maximum absolute atomic E-state index is 13.2. The second-order valence-corrected chi connectivity index (χ2v) is 12.4.